The minimum Gasteiger partial charge on any atom is -0.481 e. The quantitative estimate of drug-likeness (QED) is 0.175. The number of urea groups is 1. The first-order chi connectivity index (χ1) is 13.7. The number of likely N-dealkylation sites (N-methyl/N-ethyl adjacent to an activating group) is 1. The Bertz CT molecular complexity index is 581. The van der Waals surface area contributed by atoms with Gasteiger partial charge >= 0.3 is 23.9 Å². The Morgan fingerprint density at radius 1 is 0.931 bits per heavy atom. The number of rotatable bonds is 16. The topological polar surface area (TPSA) is 177 Å². The van der Waals surface area contributed by atoms with Gasteiger partial charge in [-0.25, -0.2) is 9.59 Å². The number of hydrogen-bond donors (Lipinski definition) is 7. The van der Waals surface area contributed by atoms with Crippen LogP contribution in [0, 0.1) is 0 Å². The maximum atomic E-state index is 11.5. The second kappa shape index (κ2) is 15.1. The van der Waals surface area contributed by atoms with Gasteiger partial charge in [0.25, 0.3) is 0 Å². The predicted molar refractivity (Wildman–Crippen MR) is 106 cm³/mol. The molecule has 2 atom stereocenters. The number of carbonyl (C=O) groups is 4. The number of carboxylic acids is 3. The molecule has 0 radical (unpaired) electrons. The van der Waals surface area contributed by atoms with Crippen molar-refractivity contribution in [1.82, 2.24) is 21.3 Å². The molecule has 7 N–H and O–H groups in total. The number of hydrogen-bond acceptors (Lipinski definition) is 6. The van der Waals surface area contributed by atoms with E-state index in [1.165, 1.54) is 0 Å². The lowest BCUT2D eigenvalue weighted by atomic mass is 10.1. The van der Waals surface area contributed by atoms with E-state index < -0.39 is 36.5 Å². The number of allylic oxidation sites excluding steroid dienone is 1. The number of amides is 2. The molecule has 0 rings (SSSR count). The summed E-state index contributed by atoms with van der Waals surface area (Å²) in [6.07, 6.45) is 4.60. The molecule has 0 bridgehead atoms. The van der Waals surface area contributed by atoms with Crippen molar-refractivity contribution in [2.24, 2.45) is 0 Å². The van der Waals surface area contributed by atoms with E-state index in [1.54, 1.807) is 7.05 Å². The Labute approximate surface area is 169 Å². The van der Waals surface area contributed by atoms with Crippen molar-refractivity contribution in [2.75, 3.05) is 20.1 Å². The number of unbranched alkanes of at least 4 members (excludes halogenated alkanes) is 1. The van der Waals surface area contributed by atoms with Gasteiger partial charge in [0, 0.05) is 24.7 Å². The van der Waals surface area contributed by atoms with Gasteiger partial charge < -0.3 is 36.6 Å². The Morgan fingerprint density at radius 2 is 1.62 bits per heavy atom. The SMILES string of the molecule is CC/C=C(\NCCCCC(NC(=O)NCC(=O)O)C(=O)O)C(CCC(=O)O)NC. The summed E-state index contributed by atoms with van der Waals surface area (Å²) in [5.74, 6) is -3.28. The number of carboxylic acid groups (broad SMARTS) is 3. The molecule has 166 valence electrons. The van der Waals surface area contributed by atoms with Gasteiger partial charge in [-0.3, -0.25) is 9.59 Å². The monoisotopic (exact) mass is 416 g/mol. The zero-order valence-corrected chi connectivity index (χ0v) is 16.9. The summed E-state index contributed by atoms with van der Waals surface area (Å²) in [4.78, 5) is 44.0. The summed E-state index contributed by atoms with van der Waals surface area (Å²) in [5, 5.41) is 37.2. The van der Waals surface area contributed by atoms with Crippen molar-refractivity contribution < 1.29 is 34.5 Å². The van der Waals surface area contributed by atoms with Crippen LogP contribution in [0.15, 0.2) is 11.8 Å². The molecule has 0 aromatic heterocycles. The fourth-order valence-corrected chi connectivity index (χ4v) is 2.61. The van der Waals surface area contributed by atoms with Gasteiger partial charge in [-0.05, 0) is 39.2 Å². The minimum absolute atomic E-state index is 0.0458. The Kier molecular flexibility index (Phi) is 13.7. The molecule has 0 aliphatic rings. The number of nitrogens with one attached hydrogen (secondary N) is 4. The van der Waals surface area contributed by atoms with E-state index in [2.05, 4.69) is 21.3 Å². The van der Waals surface area contributed by atoms with Crippen LogP contribution in [0.3, 0.4) is 0 Å². The van der Waals surface area contributed by atoms with E-state index in [0.29, 0.717) is 25.8 Å². The van der Waals surface area contributed by atoms with Gasteiger partial charge in [-0.2, -0.15) is 0 Å². The first-order valence-corrected chi connectivity index (χ1v) is 9.53. The van der Waals surface area contributed by atoms with Gasteiger partial charge in [-0.1, -0.05) is 13.0 Å². The van der Waals surface area contributed by atoms with Crippen LogP contribution in [-0.2, 0) is 14.4 Å². The van der Waals surface area contributed by atoms with Crippen molar-refractivity contribution in [3.05, 3.63) is 11.8 Å². The fourth-order valence-electron chi connectivity index (χ4n) is 2.61. The summed E-state index contributed by atoms with van der Waals surface area (Å²) in [5.41, 5.74) is 0.900. The molecule has 0 heterocycles. The van der Waals surface area contributed by atoms with Crippen LogP contribution in [0.25, 0.3) is 0 Å². The van der Waals surface area contributed by atoms with E-state index in [9.17, 15) is 24.3 Å². The standard InChI is InChI=1S/C18H32N4O7/c1-3-6-13(12(19-2)8-9-15(23)24)20-10-5-4-7-14(17(27)28)22-18(29)21-11-16(25)26/h6,12,14,19-20H,3-5,7-11H2,1-2H3,(H,23,24)(H,25,26)(H,27,28)(H2,21,22,29)/b13-6-. The van der Waals surface area contributed by atoms with E-state index >= 15 is 0 Å². The lowest BCUT2D eigenvalue weighted by molar-refractivity contribution is -0.139. The second-order valence-corrected chi connectivity index (χ2v) is 6.38. The maximum Gasteiger partial charge on any atom is 0.326 e. The van der Waals surface area contributed by atoms with E-state index in [1.807, 2.05) is 13.0 Å². The third kappa shape index (κ3) is 13.1. The van der Waals surface area contributed by atoms with E-state index in [-0.39, 0.29) is 18.9 Å². The zero-order valence-electron chi connectivity index (χ0n) is 16.9. The number of carbonyl (C=O) groups excluding carboxylic acids is 1. The summed E-state index contributed by atoms with van der Waals surface area (Å²) in [6.45, 7) is 1.95. The molecule has 0 saturated heterocycles. The molecule has 0 aliphatic carbocycles. The lowest BCUT2D eigenvalue weighted by Gasteiger charge is -2.21. The molecule has 0 spiro atoms. The van der Waals surface area contributed by atoms with Crippen LogP contribution in [0.4, 0.5) is 4.79 Å². The van der Waals surface area contributed by atoms with Crippen LogP contribution < -0.4 is 21.3 Å². The third-order valence-corrected chi connectivity index (χ3v) is 4.05. The van der Waals surface area contributed by atoms with Gasteiger partial charge in [0.05, 0.1) is 0 Å². The predicted octanol–water partition coefficient (Wildman–Crippen LogP) is 0.330. The largest absolute Gasteiger partial charge is 0.481 e. The summed E-state index contributed by atoms with van der Waals surface area (Å²) >= 11 is 0. The van der Waals surface area contributed by atoms with Crippen LogP contribution in [0.1, 0.15) is 45.4 Å². The van der Waals surface area contributed by atoms with Gasteiger partial charge in [0.2, 0.25) is 0 Å². The van der Waals surface area contributed by atoms with Crippen LogP contribution >= 0.6 is 0 Å². The summed E-state index contributed by atoms with van der Waals surface area (Å²) in [7, 11) is 1.76. The van der Waals surface area contributed by atoms with Crippen molar-refractivity contribution >= 4 is 23.9 Å². The zero-order chi connectivity index (χ0) is 22.2. The average molecular weight is 416 g/mol. The van der Waals surface area contributed by atoms with E-state index in [4.69, 9.17) is 10.2 Å². The molecular formula is C18H32N4O7. The molecule has 0 aliphatic heterocycles. The number of aliphatic carboxylic acids is 3. The highest BCUT2D eigenvalue weighted by atomic mass is 16.4. The maximum absolute atomic E-state index is 11.5. The molecule has 2 unspecified atom stereocenters. The van der Waals surface area contributed by atoms with Crippen molar-refractivity contribution in [3.8, 4) is 0 Å². The lowest BCUT2D eigenvalue weighted by Crippen LogP contribution is -2.47. The highest BCUT2D eigenvalue weighted by molar-refractivity contribution is 5.84. The molecule has 11 heteroatoms. The average Bonchev–Trinajstić information content (AvgIpc) is 2.64. The summed E-state index contributed by atoms with van der Waals surface area (Å²) < 4.78 is 0. The Morgan fingerprint density at radius 3 is 2.14 bits per heavy atom. The first-order valence-electron chi connectivity index (χ1n) is 9.53. The van der Waals surface area contributed by atoms with Crippen LogP contribution in [0.5, 0.6) is 0 Å². The molecule has 2 amide bonds. The molecule has 11 nitrogen and oxygen atoms in total. The molecule has 0 aromatic rings. The third-order valence-electron chi connectivity index (χ3n) is 4.05. The van der Waals surface area contributed by atoms with Crippen molar-refractivity contribution in [3.63, 3.8) is 0 Å². The van der Waals surface area contributed by atoms with Gasteiger partial charge in [0.15, 0.2) is 0 Å². The molecule has 0 saturated carbocycles. The normalized spacial score (nSPS) is 13.2. The Balaban J connectivity index is 4.42. The first kappa shape index (κ1) is 26.2. The van der Waals surface area contributed by atoms with Crippen molar-refractivity contribution in [1.29, 1.82) is 0 Å². The second-order valence-electron chi connectivity index (χ2n) is 6.38. The Hall–Kier alpha value is -2.82. The van der Waals surface area contributed by atoms with E-state index in [0.717, 1.165) is 12.1 Å². The molecule has 0 aromatic carbocycles. The smallest absolute Gasteiger partial charge is 0.326 e. The highest BCUT2D eigenvalue weighted by Crippen LogP contribution is 2.09. The van der Waals surface area contributed by atoms with Gasteiger partial charge in [0.1, 0.15) is 12.6 Å². The molecular weight excluding hydrogens is 384 g/mol. The molecule has 0 fully saturated rings. The fraction of sp³-hybridized carbons (Fsp3) is 0.667. The minimum atomic E-state index is -1.22. The summed E-state index contributed by atoms with van der Waals surface area (Å²) in [6, 6.07) is -2.08. The molecule has 29 heavy (non-hydrogen) atoms. The van der Waals surface area contributed by atoms with Crippen LogP contribution in [0.2, 0.25) is 0 Å². The van der Waals surface area contributed by atoms with Crippen molar-refractivity contribution in [2.45, 2.75) is 57.5 Å². The highest BCUT2D eigenvalue weighted by Gasteiger charge is 2.19. The van der Waals surface area contributed by atoms with Crippen LogP contribution in [-0.4, -0.2) is 71.5 Å². The van der Waals surface area contributed by atoms with Gasteiger partial charge in [-0.15, -0.1) is 0 Å².